The normalized spacial score (nSPS) is 12.9. The van der Waals surface area contributed by atoms with Crippen molar-refractivity contribution in [2.75, 3.05) is 12.0 Å². The van der Waals surface area contributed by atoms with Crippen LogP contribution in [0.3, 0.4) is 0 Å². The summed E-state index contributed by atoms with van der Waals surface area (Å²) in [5.74, 6) is -2.21. The second-order valence-electron chi connectivity index (χ2n) is 3.79. The van der Waals surface area contributed by atoms with Gasteiger partial charge in [0.1, 0.15) is 22.1 Å². The Bertz CT molecular complexity index is 519. The van der Waals surface area contributed by atoms with Gasteiger partial charge in [0, 0.05) is 6.26 Å². The number of aliphatic carboxylic acids is 1. The summed E-state index contributed by atoms with van der Waals surface area (Å²) in [5, 5.41) is 11.1. The second-order valence-corrected chi connectivity index (χ2v) is 6.05. The topological polar surface area (TPSA) is 114 Å². The van der Waals surface area contributed by atoms with Gasteiger partial charge in [-0.3, -0.25) is 4.79 Å². The molecule has 1 heterocycles. The fraction of sp³-hybridized carbons (Fsp3) is 0.400. The van der Waals surface area contributed by atoms with Crippen LogP contribution in [-0.2, 0) is 14.6 Å². The molecule has 1 atom stereocenters. The number of carboxylic acids is 1. The summed E-state index contributed by atoms with van der Waals surface area (Å²) < 4.78 is 26.6. The van der Waals surface area contributed by atoms with E-state index in [9.17, 15) is 18.0 Å². The molecule has 18 heavy (non-hydrogen) atoms. The fourth-order valence-corrected chi connectivity index (χ4v) is 1.89. The Labute approximate surface area is 104 Å². The summed E-state index contributed by atoms with van der Waals surface area (Å²) in [6.07, 6.45) is 3.27. The number of sulfone groups is 1. The summed E-state index contributed by atoms with van der Waals surface area (Å²) in [6, 6.07) is 0.132. The van der Waals surface area contributed by atoms with Crippen molar-refractivity contribution >= 4 is 21.7 Å². The Morgan fingerprint density at radius 1 is 1.50 bits per heavy atom. The van der Waals surface area contributed by atoms with Crippen molar-refractivity contribution in [3.05, 3.63) is 24.2 Å². The molecule has 1 aromatic rings. The molecule has 0 bridgehead atoms. The molecule has 1 aromatic heterocycles. The van der Waals surface area contributed by atoms with E-state index in [-0.39, 0.29) is 17.7 Å². The highest BCUT2D eigenvalue weighted by Crippen LogP contribution is 2.03. The first-order chi connectivity index (χ1) is 8.29. The number of nitrogens with one attached hydrogen (secondary N) is 1. The van der Waals surface area contributed by atoms with Crippen LogP contribution in [0.2, 0.25) is 0 Å². The van der Waals surface area contributed by atoms with E-state index < -0.39 is 27.8 Å². The molecule has 2 N–H and O–H groups in total. The zero-order valence-electron chi connectivity index (χ0n) is 9.62. The number of rotatable bonds is 6. The lowest BCUT2D eigenvalue weighted by molar-refractivity contribution is -0.139. The number of carbonyl (C=O) groups excluding carboxylic acids is 1. The maximum atomic E-state index is 11.6. The molecule has 0 spiro atoms. The van der Waals surface area contributed by atoms with Crippen LogP contribution in [-0.4, -0.2) is 43.5 Å². The minimum absolute atomic E-state index is 0.181. The third-order valence-electron chi connectivity index (χ3n) is 2.16. The van der Waals surface area contributed by atoms with Gasteiger partial charge in [0.25, 0.3) is 5.91 Å². The SMILES string of the molecule is CS(=O)(=O)CCC(NC(=O)c1ccoc1)C(=O)O. The van der Waals surface area contributed by atoms with Crippen LogP contribution in [0.4, 0.5) is 0 Å². The van der Waals surface area contributed by atoms with Gasteiger partial charge in [-0.25, -0.2) is 13.2 Å². The lowest BCUT2D eigenvalue weighted by atomic mass is 10.2. The lowest BCUT2D eigenvalue weighted by Gasteiger charge is -2.13. The van der Waals surface area contributed by atoms with Crippen LogP contribution < -0.4 is 5.32 Å². The van der Waals surface area contributed by atoms with E-state index in [1.54, 1.807) is 0 Å². The molecular weight excluding hydrogens is 262 g/mol. The minimum atomic E-state index is -3.28. The molecule has 0 radical (unpaired) electrons. The van der Waals surface area contributed by atoms with Crippen LogP contribution >= 0.6 is 0 Å². The average molecular weight is 275 g/mol. The standard InChI is InChI=1S/C10H13NO6S/c1-18(15,16)5-3-8(10(13)14)11-9(12)7-2-4-17-6-7/h2,4,6,8H,3,5H2,1H3,(H,11,12)(H,13,14). The zero-order valence-corrected chi connectivity index (χ0v) is 10.4. The van der Waals surface area contributed by atoms with Gasteiger partial charge in [0.15, 0.2) is 0 Å². The summed E-state index contributed by atoms with van der Waals surface area (Å²) in [7, 11) is -3.28. The van der Waals surface area contributed by atoms with Gasteiger partial charge in [-0.1, -0.05) is 0 Å². The fourth-order valence-electron chi connectivity index (χ4n) is 1.22. The Balaban J connectivity index is 2.64. The largest absolute Gasteiger partial charge is 0.480 e. The first-order valence-corrected chi connectivity index (χ1v) is 7.09. The summed E-state index contributed by atoms with van der Waals surface area (Å²) in [6.45, 7) is 0. The molecule has 0 aromatic carbocycles. The van der Waals surface area contributed by atoms with Crippen LogP contribution in [0.25, 0.3) is 0 Å². The van der Waals surface area contributed by atoms with Crippen molar-refractivity contribution in [1.29, 1.82) is 0 Å². The molecule has 8 heteroatoms. The molecule has 1 rings (SSSR count). The summed E-state index contributed by atoms with van der Waals surface area (Å²) >= 11 is 0. The first kappa shape index (κ1) is 14.2. The number of carbonyl (C=O) groups is 2. The molecule has 0 saturated heterocycles. The van der Waals surface area contributed by atoms with Crippen LogP contribution in [0.1, 0.15) is 16.8 Å². The predicted molar refractivity (Wildman–Crippen MR) is 61.9 cm³/mol. The van der Waals surface area contributed by atoms with Gasteiger partial charge in [0.2, 0.25) is 0 Å². The van der Waals surface area contributed by atoms with Crippen molar-refractivity contribution in [2.24, 2.45) is 0 Å². The molecule has 1 unspecified atom stereocenters. The molecule has 1 amide bonds. The molecule has 100 valence electrons. The second kappa shape index (κ2) is 5.67. The molecule has 0 saturated carbocycles. The van der Waals surface area contributed by atoms with Gasteiger partial charge < -0.3 is 14.8 Å². The quantitative estimate of drug-likeness (QED) is 0.749. The van der Waals surface area contributed by atoms with Crippen molar-refractivity contribution in [2.45, 2.75) is 12.5 Å². The number of furan rings is 1. The van der Waals surface area contributed by atoms with E-state index in [4.69, 9.17) is 5.11 Å². The molecule has 0 aliphatic heterocycles. The maximum absolute atomic E-state index is 11.6. The third-order valence-corrected chi connectivity index (χ3v) is 3.14. The number of hydrogen-bond acceptors (Lipinski definition) is 5. The Kier molecular flexibility index (Phi) is 4.49. The Morgan fingerprint density at radius 2 is 2.17 bits per heavy atom. The monoisotopic (exact) mass is 275 g/mol. The van der Waals surface area contributed by atoms with Crippen LogP contribution in [0.5, 0.6) is 0 Å². The minimum Gasteiger partial charge on any atom is -0.480 e. The van der Waals surface area contributed by atoms with E-state index in [2.05, 4.69) is 9.73 Å². The van der Waals surface area contributed by atoms with Crippen LogP contribution in [0, 0.1) is 0 Å². The van der Waals surface area contributed by atoms with Gasteiger partial charge in [-0.05, 0) is 12.5 Å². The zero-order chi connectivity index (χ0) is 13.8. The maximum Gasteiger partial charge on any atom is 0.326 e. The van der Waals surface area contributed by atoms with E-state index >= 15 is 0 Å². The molecule has 0 fully saturated rings. The number of hydrogen-bond donors (Lipinski definition) is 2. The molecule has 7 nitrogen and oxygen atoms in total. The smallest absolute Gasteiger partial charge is 0.326 e. The third kappa shape index (κ3) is 4.58. The highest BCUT2D eigenvalue weighted by Gasteiger charge is 2.22. The Morgan fingerprint density at radius 3 is 2.61 bits per heavy atom. The van der Waals surface area contributed by atoms with E-state index in [0.29, 0.717) is 0 Å². The summed E-state index contributed by atoms with van der Waals surface area (Å²) in [5.41, 5.74) is 0.181. The molecular formula is C10H13NO6S. The summed E-state index contributed by atoms with van der Waals surface area (Å²) in [4.78, 5) is 22.4. The lowest BCUT2D eigenvalue weighted by Crippen LogP contribution is -2.41. The average Bonchev–Trinajstić information content (AvgIpc) is 2.75. The van der Waals surface area contributed by atoms with Crippen molar-refractivity contribution in [3.63, 3.8) is 0 Å². The highest BCUT2D eigenvalue weighted by atomic mass is 32.2. The molecule has 0 aliphatic carbocycles. The van der Waals surface area contributed by atoms with Crippen LogP contribution in [0.15, 0.2) is 23.0 Å². The van der Waals surface area contributed by atoms with Gasteiger partial charge >= 0.3 is 5.97 Å². The van der Waals surface area contributed by atoms with E-state index in [1.807, 2.05) is 0 Å². The van der Waals surface area contributed by atoms with Crippen molar-refractivity contribution in [1.82, 2.24) is 5.32 Å². The van der Waals surface area contributed by atoms with Gasteiger partial charge in [-0.2, -0.15) is 0 Å². The van der Waals surface area contributed by atoms with E-state index in [1.165, 1.54) is 18.6 Å². The van der Waals surface area contributed by atoms with Crippen molar-refractivity contribution < 1.29 is 27.5 Å². The predicted octanol–water partition coefficient (Wildman–Crippen LogP) is -0.103. The van der Waals surface area contributed by atoms with Crippen molar-refractivity contribution in [3.8, 4) is 0 Å². The molecule has 0 aliphatic rings. The first-order valence-electron chi connectivity index (χ1n) is 5.03. The Hall–Kier alpha value is -1.83. The highest BCUT2D eigenvalue weighted by molar-refractivity contribution is 7.90. The van der Waals surface area contributed by atoms with Gasteiger partial charge in [0.05, 0.1) is 17.6 Å². The number of carboxylic acid groups (broad SMARTS) is 1. The van der Waals surface area contributed by atoms with Gasteiger partial charge in [-0.15, -0.1) is 0 Å². The van der Waals surface area contributed by atoms with E-state index in [0.717, 1.165) is 6.26 Å². The number of amides is 1.